The largest absolute Gasteiger partial charge is 0.426 e. The number of hydrogen-bond acceptors (Lipinski definition) is 8. The van der Waals surface area contributed by atoms with Crippen molar-refractivity contribution in [2.24, 2.45) is 4.58 Å². The summed E-state index contributed by atoms with van der Waals surface area (Å²) in [5.41, 5.74) is 0.273. The van der Waals surface area contributed by atoms with Crippen LogP contribution in [0.25, 0.3) is 0 Å². The molecule has 0 aliphatic rings. The van der Waals surface area contributed by atoms with Gasteiger partial charge in [-0.05, 0) is 26.0 Å². The molecule has 0 bridgehead atoms. The molecule has 6 nitrogen and oxygen atoms in total. The Morgan fingerprint density at radius 1 is 1.31 bits per heavy atom. The second-order valence-electron chi connectivity index (χ2n) is 5.72. The molecule has 0 atom stereocenters. The van der Waals surface area contributed by atoms with Crippen LogP contribution in [0.4, 0.5) is 0 Å². The predicted octanol–water partition coefficient (Wildman–Crippen LogP) is 4.47. The zero-order valence-corrected chi connectivity index (χ0v) is 17.2. The van der Waals surface area contributed by atoms with Gasteiger partial charge in [-0.15, -0.1) is 11.5 Å². The molecule has 1 amide bonds. The average molecular weight is 415 g/mol. The molecule has 0 aliphatic carbocycles. The molecule has 9 heteroatoms. The van der Waals surface area contributed by atoms with Crippen LogP contribution in [0.15, 0.2) is 41.5 Å². The minimum atomic E-state index is -0.524. The highest BCUT2D eigenvalue weighted by molar-refractivity contribution is 8.76. The van der Waals surface area contributed by atoms with Gasteiger partial charge in [0.15, 0.2) is 0 Å². The van der Waals surface area contributed by atoms with Crippen molar-refractivity contribution in [3.8, 4) is 5.75 Å². The molecule has 1 N–H and O–H groups in total. The lowest BCUT2D eigenvalue weighted by atomic mass is 10.1. The van der Waals surface area contributed by atoms with Crippen molar-refractivity contribution in [1.82, 2.24) is 5.32 Å². The van der Waals surface area contributed by atoms with Gasteiger partial charge in [0.25, 0.3) is 5.91 Å². The normalized spacial score (nSPS) is 10.8. The number of nitroso groups, excluding NO2 is 1. The Morgan fingerprint density at radius 3 is 2.73 bits per heavy atom. The molecule has 26 heavy (non-hydrogen) atoms. The maximum Gasteiger partial charge on any atom is 0.312 e. The molecule has 0 spiro atoms. The second kappa shape index (κ2) is 12.0. The van der Waals surface area contributed by atoms with Crippen molar-refractivity contribution in [3.05, 3.63) is 47.4 Å². The first-order valence-corrected chi connectivity index (χ1v) is 11.1. The van der Waals surface area contributed by atoms with Gasteiger partial charge in [-0.25, -0.2) is 0 Å². The van der Waals surface area contributed by atoms with Crippen molar-refractivity contribution < 1.29 is 14.3 Å². The van der Waals surface area contributed by atoms with E-state index in [1.165, 1.54) is 0 Å². The third-order valence-electron chi connectivity index (χ3n) is 2.97. The van der Waals surface area contributed by atoms with Crippen molar-refractivity contribution in [2.75, 3.05) is 18.1 Å². The van der Waals surface area contributed by atoms with Gasteiger partial charge < -0.3 is 10.1 Å². The van der Waals surface area contributed by atoms with Crippen LogP contribution >= 0.6 is 33.5 Å². The number of para-hydroxylation sites is 1. The number of hydrogen-bond donors (Lipinski definition) is 1. The molecule has 0 aromatic heterocycles. The van der Waals surface area contributed by atoms with E-state index < -0.39 is 10.7 Å². The highest BCUT2D eigenvalue weighted by Crippen LogP contribution is 2.25. The van der Waals surface area contributed by atoms with E-state index in [9.17, 15) is 14.5 Å². The summed E-state index contributed by atoms with van der Waals surface area (Å²) >= 11 is 0.859. The molecule has 1 aromatic carbocycles. The number of nitrogens with one attached hydrogen (secondary N) is 1. The summed E-state index contributed by atoms with van der Waals surface area (Å²) in [7, 11) is 3.19. The van der Waals surface area contributed by atoms with Gasteiger partial charge >= 0.3 is 5.97 Å². The van der Waals surface area contributed by atoms with Gasteiger partial charge in [-0.1, -0.05) is 39.8 Å². The zero-order chi connectivity index (χ0) is 19.4. The Morgan fingerprint density at radius 2 is 2.04 bits per heavy atom. The summed E-state index contributed by atoms with van der Waals surface area (Å²) in [6.45, 7) is 7.48. The fourth-order valence-corrected chi connectivity index (χ4v) is 3.80. The highest BCUT2D eigenvalue weighted by Gasteiger charge is 2.22. The van der Waals surface area contributed by atoms with Crippen LogP contribution in [0.3, 0.4) is 0 Å². The van der Waals surface area contributed by atoms with E-state index >= 15 is 0 Å². The van der Waals surface area contributed by atoms with Gasteiger partial charge in [0.1, 0.15) is 5.75 Å². The topological polar surface area (TPSA) is 84.8 Å². The molecule has 0 heterocycles. The number of benzene rings is 1. The smallest absolute Gasteiger partial charge is 0.312 e. The summed E-state index contributed by atoms with van der Waals surface area (Å²) in [5, 5.41) is 2.74. The molecule has 0 radical (unpaired) electrons. The van der Waals surface area contributed by atoms with Crippen LogP contribution in [-0.2, 0) is 4.79 Å². The van der Waals surface area contributed by atoms with Crippen LogP contribution in [0.1, 0.15) is 30.6 Å². The van der Waals surface area contributed by atoms with E-state index in [2.05, 4.69) is 16.5 Å². The molecule has 0 aliphatic heterocycles. The fourth-order valence-electron chi connectivity index (χ4n) is 1.72. The van der Waals surface area contributed by atoms with Crippen molar-refractivity contribution in [1.29, 1.82) is 0 Å². The minimum absolute atomic E-state index is 0.220. The Balaban J connectivity index is 2.60. The summed E-state index contributed by atoms with van der Waals surface area (Å²) in [6, 6.07) is 6.56. The summed E-state index contributed by atoms with van der Waals surface area (Å²) in [6.07, 6.45) is 2.05. The number of amides is 1. The summed E-state index contributed by atoms with van der Waals surface area (Å²) in [5.74, 6) is 0.895. The fraction of sp³-hybridized carbons (Fsp3) is 0.412. The number of ether oxygens (including phenoxy) is 1. The maximum atomic E-state index is 12.4. The van der Waals surface area contributed by atoms with Crippen LogP contribution in [0.5, 0.6) is 5.75 Å². The molecular weight excluding hydrogens is 392 g/mol. The minimum Gasteiger partial charge on any atom is -0.426 e. The zero-order valence-electron chi connectivity index (χ0n) is 14.7. The lowest BCUT2D eigenvalue weighted by molar-refractivity contribution is -0.133. The predicted molar refractivity (Wildman–Crippen MR) is 112 cm³/mol. The molecular formula is C17H22N2O4S3. The molecule has 1 rings (SSSR count). The van der Waals surface area contributed by atoms with E-state index in [1.807, 2.05) is 0 Å². The summed E-state index contributed by atoms with van der Waals surface area (Å²) < 4.78 is 7.61. The first kappa shape index (κ1) is 22.6. The quantitative estimate of drug-likeness (QED) is 0.103. The monoisotopic (exact) mass is 414 g/mol. The first-order valence-electron chi connectivity index (χ1n) is 7.83. The van der Waals surface area contributed by atoms with Gasteiger partial charge in [0.2, 0.25) is 0 Å². The van der Waals surface area contributed by atoms with Crippen molar-refractivity contribution in [2.45, 2.75) is 25.0 Å². The summed E-state index contributed by atoms with van der Waals surface area (Å²) in [4.78, 5) is 34.8. The van der Waals surface area contributed by atoms with Crippen LogP contribution in [0, 0.1) is 4.91 Å². The Hall–Kier alpha value is -1.45. The van der Waals surface area contributed by atoms with Gasteiger partial charge in [0, 0.05) is 34.6 Å². The lowest BCUT2D eigenvalue weighted by Gasteiger charge is -2.20. The Kier molecular flexibility index (Phi) is 10.5. The molecule has 0 saturated carbocycles. The Labute approximate surface area is 165 Å². The number of nitrogens with zero attached hydrogens (tertiary/aromatic N) is 1. The van der Waals surface area contributed by atoms with Crippen LogP contribution < -0.4 is 10.1 Å². The average Bonchev–Trinajstić information content (AvgIpc) is 2.60. The van der Waals surface area contributed by atoms with Gasteiger partial charge in [0.05, 0.1) is 16.7 Å². The second-order valence-corrected chi connectivity index (χ2v) is 9.79. The lowest BCUT2D eigenvalue weighted by Crippen LogP contribution is -2.36. The Bertz CT molecular complexity index is 638. The van der Waals surface area contributed by atoms with E-state index in [4.69, 9.17) is 4.74 Å². The molecule has 0 fully saturated rings. The maximum absolute atomic E-state index is 12.4. The third kappa shape index (κ3) is 8.77. The molecule has 1 aromatic rings. The van der Waals surface area contributed by atoms with E-state index in [0.717, 1.165) is 17.7 Å². The van der Waals surface area contributed by atoms with Gasteiger partial charge in [-0.3, -0.25) is 9.59 Å². The number of rotatable bonds is 12. The van der Waals surface area contributed by atoms with Crippen LogP contribution in [0.2, 0.25) is 0 Å². The molecule has 0 unspecified atom stereocenters. The number of carbonyl (C=O) groups excluding carboxylic acids is 2. The third-order valence-corrected chi connectivity index (χ3v) is 6.00. The van der Waals surface area contributed by atoms with Crippen molar-refractivity contribution in [3.63, 3.8) is 0 Å². The van der Waals surface area contributed by atoms with Crippen LogP contribution in [-0.4, -0.2) is 34.7 Å². The van der Waals surface area contributed by atoms with E-state index in [1.54, 1.807) is 65.8 Å². The molecule has 142 valence electrons. The standard InChI is InChI=1S/C17H22N2O4S3/c1-4-10-24-25-11-9-15(20)23-14-8-6-5-7-13(14)16(21)18-12-17(2,3)26-19-22/h4-8H,1,9-12H2,2-3H3,(H,18,21). The number of carbonyl (C=O) groups is 2. The first-order chi connectivity index (χ1) is 12.4. The van der Waals surface area contributed by atoms with Gasteiger partial charge in [-0.2, -0.15) is 0 Å². The SMILES string of the molecule is C=CCSSCCC(=O)Oc1ccccc1C(=O)NCC(C)(C)SN=O. The number of esters is 1. The molecule has 0 saturated heterocycles. The van der Waals surface area contributed by atoms with E-state index in [0.29, 0.717) is 5.75 Å². The van der Waals surface area contributed by atoms with Crippen molar-refractivity contribution >= 4 is 45.4 Å². The highest BCUT2D eigenvalue weighted by atomic mass is 33.1. The van der Waals surface area contributed by atoms with E-state index in [-0.39, 0.29) is 30.2 Å².